The first-order valence-corrected chi connectivity index (χ1v) is 7.02. The second kappa shape index (κ2) is 7.08. The summed E-state index contributed by atoms with van der Waals surface area (Å²) in [4.78, 5) is 23.5. The van der Waals surface area contributed by atoms with E-state index in [-0.39, 0.29) is 5.88 Å². The van der Waals surface area contributed by atoms with Gasteiger partial charge in [0, 0.05) is 6.07 Å². The highest BCUT2D eigenvalue weighted by atomic mass is 79.9. The van der Waals surface area contributed by atoms with Crippen LogP contribution in [0.2, 0.25) is 0 Å². The lowest BCUT2D eigenvalue weighted by molar-refractivity contribution is -0.119. The van der Waals surface area contributed by atoms with Gasteiger partial charge in [0.05, 0.1) is 22.8 Å². The molecule has 22 heavy (non-hydrogen) atoms. The molecule has 1 N–H and O–H groups in total. The molecule has 0 bridgehead atoms. The van der Waals surface area contributed by atoms with Gasteiger partial charge >= 0.3 is 5.97 Å². The minimum Gasteiger partial charge on any atom is -0.496 e. The molecule has 0 spiro atoms. The fourth-order valence-electron chi connectivity index (χ4n) is 1.60. The predicted molar refractivity (Wildman–Crippen MR) is 80.8 cm³/mol. The molecule has 1 heterocycles. The van der Waals surface area contributed by atoms with E-state index in [0.717, 1.165) is 0 Å². The Hall–Kier alpha value is -2.35. The number of anilines is 1. The van der Waals surface area contributed by atoms with Gasteiger partial charge in [-0.1, -0.05) is 5.16 Å². The van der Waals surface area contributed by atoms with Crippen molar-refractivity contribution in [2.45, 2.75) is 6.92 Å². The molecular weight excluding hydrogens is 356 g/mol. The molecule has 1 aromatic carbocycles. The Labute approximate surface area is 134 Å². The lowest BCUT2D eigenvalue weighted by Gasteiger charge is -2.07. The van der Waals surface area contributed by atoms with Gasteiger partial charge in [0.2, 0.25) is 5.88 Å². The maximum atomic E-state index is 11.9. The number of amides is 1. The molecule has 0 saturated carbocycles. The normalized spacial score (nSPS) is 10.1. The van der Waals surface area contributed by atoms with Crippen molar-refractivity contribution in [1.29, 1.82) is 0 Å². The van der Waals surface area contributed by atoms with Crippen LogP contribution in [0, 0.1) is 6.92 Å². The van der Waals surface area contributed by atoms with Crippen LogP contribution in [0.5, 0.6) is 5.75 Å². The fraction of sp³-hybridized carbons (Fsp3) is 0.214. The standard InChI is InChI=1S/C14H13BrN2O5/c1-8-5-13(22-17-8)16-12(18)7-21-14(19)9-3-4-11(20-2)10(15)6-9/h3-6H,7H2,1-2H3,(H,16,18). The van der Waals surface area contributed by atoms with Gasteiger partial charge in [-0.2, -0.15) is 0 Å². The Bertz CT molecular complexity index is 698. The summed E-state index contributed by atoms with van der Waals surface area (Å²) < 4.78 is 15.4. The maximum Gasteiger partial charge on any atom is 0.338 e. The first-order chi connectivity index (χ1) is 10.5. The summed E-state index contributed by atoms with van der Waals surface area (Å²) in [5.74, 6) is -0.343. The zero-order valence-corrected chi connectivity index (χ0v) is 13.5. The van der Waals surface area contributed by atoms with E-state index in [1.807, 2.05) is 0 Å². The molecule has 1 aromatic heterocycles. The number of nitrogens with one attached hydrogen (secondary N) is 1. The van der Waals surface area contributed by atoms with Gasteiger partial charge in [-0.15, -0.1) is 0 Å². The largest absolute Gasteiger partial charge is 0.496 e. The molecule has 2 aromatic rings. The van der Waals surface area contributed by atoms with Crippen LogP contribution in [0.25, 0.3) is 0 Å². The van der Waals surface area contributed by atoms with Crippen LogP contribution in [0.1, 0.15) is 16.1 Å². The van der Waals surface area contributed by atoms with E-state index < -0.39 is 18.5 Å². The van der Waals surface area contributed by atoms with Crippen molar-refractivity contribution in [3.8, 4) is 5.75 Å². The third-order valence-electron chi connectivity index (χ3n) is 2.61. The third kappa shape index (κ3) is 4.08. The van der Waals surface area contributed by atoms with Crippen LogP contribution >= 0.6 is 15.9 Å². The SMILES string of the molecule is COc1ccc(C(=O)OCC(=O)Nc2cc(C)no2)cc1Br. The summed E-state index contributed by atoms with van der Waals surface area (Å²) in [5, 5.41) is 6.05. The van der Waals surface area contributed by atoms with Crippen molar-refractivity contribution < 1.29 is 23.6 Å². The molecule has 8 heteroatoms. The first-order valence-electron chi connectivity index (χ1n) is 6.23. The van der Waals surface area contributed by atoms with E-state index in [2.05, 4.69) is 26.4 Å². The first kappa shape index (κ1) is 16.0. The molecule has 0 aliphatic heterocycles. The third-order valence-corrected chi connectivity index (χ3v) is 3.23. The van der Waals surface area contributed by atoms with Gasteiger partial charge in [0.15, 0.2) is 6.61 Å². The van der Waals surface area contributed by atoms with Gasteiger partial charge in [-0.3, -0.25) is 10.1 Å². The number of methoxy groups -OCH3 is 1. The quantitative estimate of drug-likeness (QED) is 0.815. The minimum atomic E-state index is -0.618. The number of rotatable bonds is 5. The number of carbonyl (C=O) groups excluding carboxylic acids is 2. The Balaban J connectivity index is 1.89. The summed E-state index contributed by atoms with van der Waals surface area (Å²) in [5.41, 5.74) is 0.936. The number of aryl methyl sites for hydroxylation is 1. The molecule has 0 unspecified atom stereocenters. The zero-order chi connectivity index (χ0) is 16.1. The summed E-state index contributed by atoms with van der Waals surface area (Å²) in [7, 11) is 1.52. The van der Waals surface area contributed by atoms with Gasteiger partial charge in [-0.05, 0) is 41.1 Å². The maximum absolute atomic E-state index is 11.9. The average Bonchev–Trinajstić information content (AvgIpc) is 2.89. The second-order valence-corrected chi connectivity index (χ2v) is 5.16. The van der Waals surface area contributed by atoms with Crippen LogP contribution in [-0.4, -0.2) is 30.7 Å². The molecule has 116 valence electrons. The van der Waals surface area contributed by atoms with E-state index in [0.29, 0.717) is 21.5 Å². The van der Waals surface area contributed by atoms with E-state index in [4.69, 9.17) is 14.0 Å². The zero-order valence-electron chi connectivity index (χ0n) is 11.9. The topological polar surface area (TPSA) is 90.7 Å². The number of benzene rings is 1. The molecule has 0 aliphatic rings. The van der Waals surface area contributed by atoms with Gasteiger partial charge in [0.25, 0.3) is 5.91 Å². The van der Waals surface area contributed by atoms with Crippen molar-refractivity contribution in [3.63, 3.8) is 0 Å². The van der Waals surface area contributed by atoms with Crippen molar-refractivity contribution in [2.75, 3.05) is 19.0 Å². The molecular formula is C14H13BrN2O5. The van der Waals surface area contributed by atoms with Crippen LogP contribution in [0.3, 0.4) is 0 Å². The Morgan fingerprint density at radius 3 is 2.73 bits per heavy atom. The summed E-state index contributed by atoms with van der Waals surface area (Å²) in [6.45, 7) is 1.29. The Morgan fingerprint density at radius 1 is 1.36 bits per heavy atom. The van der Waals surface area contributed by atoms with Gasteiger partial charge < -0.3 is 14.0 Å². The van der Waals surface area contributed by atoms with Gasteiger partial charge in [-0.25, -0.2) is 4.79 Å². The predicted octanol–water partition coefficient (Wildman–Crippen LogP) is 2.55. The smallest absolute Gasteiger partial charge is 0.338 e. The van der Waals surface area contributed by atoms with Gasteiger partial charge in [0.1, 0.15) is 5.75 Å². The van der Waals surface area contributed by atoms with E-state index in [9.17, 15) is 9.59 Å². The number of ether oxygens (including phenoxy) is 2. The molecule has 2 rings (SSSR count). The highest BCUT2D eigenvalue weighted by Crippen LogP contribution is 2.25. The van der Waals surface area contributed by atoms with Crippen molar-refractivity contribution in [1.82, 2.24) is 5.16 Å². The van der Waals surface area contributed by atoms with Crippen molar-refractivity contribution >= 4 is 33.7 Å². The Morgan fingerprint density at radius 2 is 2.14 bits per heavy atom. The molecule has 1 amide bonds. The monoisotopic (exact) mass is 368 g/mol. The minimum absolute atomic E-state index is 0.200. The van der Waals surface area contributed by atoms with Crippen LogP contribution in [-0.2, 0) is 9.53 Å². The summed E-state index contributed by atoms with van der Waals surface area (Å²) in [6.07, 6.45) is 0. The number of aromatic nitrogens is 1. The number of hydrogen-bond acceptors (Lipinski definition) is 6. The number of halogens is 1. The highest BCUT2D eigenvalue weighted by molar-refractivity contribution is 9.10. The lowest BCUT2D eigenvalue weighted by atomic mass is 10.2. The molecule has 0 fully saturated rings. The van der Waals surface area contributed by atoms with Crippen molar-refractivity contribution in [2.24, 2.45) is 0 Å². The molecule has 0 aliphatic carbocycles. The van der Waals surface area contributed by atoms with Crippen LogP contribution < -0.4 is 10.1 Å². The fourth-order valence-corrected chi connectivity index (χ4v) is 2.14. The highest BCUT2D eigenvalue weighted by Gasteiger charge is 2.13. The molecule has 7 nitrogen and oxygen atoms in total. The second-order valence-electron chi connectivity index (χ2n) is 4.31. The van der Waals surface area contributed by atoms with E-state index in [1.54, 1.807) is 31.2 Å². The number of carbonyl (C=O) groups is 2. The van der Waals surface area contributed by atoms with Crippen LogP contribution in [0.15, 0.2) is 33.3 Å². The number of nitrogens with zero attached hydrogens (tertiary/aromatic N) is 1. The van der Waals surface area contributed by atoms with E-state index in [1.165, 1.54) is 7.11 Å². The molecule has 0 saturated heterocycles. The number of hydrogen-bond donors (Lipinski definition) is 1. The van der Waals surface area contributed by atoms with E-state index >= 15 is 0 Å². The van der Waals surface area contributed by atoms with Crippen LogP contribution in [0.4, 0.5) is 5.88 Å². The summed E-state index contributed by atoms with van der Waals surface area (Å²) in [6, 6.07) is 6.28. The van der Waals surface area contributed by atoms with Crippen molar-refractivity contribution in [3.05, 3.63) is 40.0 Å². The Kier molecular flexibility index (Phi) is 5.16. The number of esters is 1. The molecule has 0 radical (unpaired) electrons. The lowest BCUT2D eigenvalue weighted by Crippen LogP contribution is -2.20. The summed E-state index contributed by atoms with van der Waals surface area (Å²) >= 11 is 3.27. The molecule has 0 atom stereocenters. The average molecular weight is 369 g/mol.